The van der Waals surface area contributed by atoms with Gasteiger partial charge in [-0.2, -0.15) is 0 Å². The monoisotopic (exact) mass is 481 g/mol. The van der Waals surface area contributed by atoms with Crippen LogP contribution in [0.25, 0.3) is 10.9 Å². The Labute approximate surface area is 198 Å². The van der Waals surface area contributed by atoms with Gasteiger partial charge in [0.25, 0.3) is 10.0 Å². The van der Waals surface area contributed by atoms with E-state index in [9.17, 15) is 13.2 Å². The molecular weight excluding hydrogens is 458 g/mol. The normalized spacial score (nSPS) is 11.5. The van der Waals surface area contributed by atoms with E-state index in [1.807, 2.05) is 35.1 Å². The molecule has 2 N–H and O–H groups in total. The molecule has 0 unspecified atom stereocenters. The van der Waals surface area contributed by atoms with Crippen molar-refractivity contribution in [3.8, 4) is 0 Å². The Bertz CT molecular complexity index is 1400. The number of carbonyl (C=O) groups excluding carboxylic acids is 1. The van der Waals surface area contributed by atoms with Gasteiger partial charge in [-0.05, 0) is 42.7 Å². The number of urea groups is 1. The number of nitrogens with one attached hydrogen (secondary N) is 2. The zero-order valence-corrected chi connectivity index (χ0v) is 19.7. The Morgan fingerprint density at radius 1 is 0.939 bits per heavy atom. The Morgan fingerprint density at radius 2 is 1.61 bits per heavy atom. The van der Waals surface area contributed by atoms with Crippen LogP contribution in [0.2, 0.25) is 5.02 Å². The van der Waals surface area contributed by atoms with E-state index < -0.39 is 16.1 Å². The molecule has 0 aliphatic carbocycles. The lowest BCUT2D eigenvalue weighted by atomic mass is 10.1. The summed E-state index contributed by atoms with van der Waals surface area (Å²) >= 11 is 5.96. The van der Waals surface area contributed by atoms with Gasteiger partial charge in [0, 0.05) is 29.7 Å². The molecule has 4 rings (SSSR count). The van der Waals surface area contributed by atoms with E-state index in [1.54, 1.807) is 12.1 Å². The number of sulfonamides is 1. The van der Waals surface area contributed by atoms with Crippen LogP contribution in [-0.2, 0) is 23.0 Å². The van der Waals surface area contributed by atoms with Crippen molar-refractivity contribution in [1.82, 2.24) is 14.6 Å². The minimum atomic E-state index is -4.06. The summed E-state index contributed by atoms with van der Waals surface area (Å²) in [5.74, 6) is 0. The molecule has 4 aromatic rings. The third kappa shape index (κ3) is 5.05. The third-order valence-electron chi connectivity index (χ3n) is 5.56. The Balaban J connectivity index is 1.47. The van der Waals surface area contributed by atoms with Crippen LogP contribution in [0.4, 0.5) is 4.79 Å². The van der Waals surface area contributed by atoms with Crippen LogP contribution in [0, 0.1) is 6.92 Å². The molecule has 6 nitrogen and oxygen atoms in total. The number of halogens is 1. The summed E-state index contributed by atoms with van der Waals surface area (Å²) in [6.07, 6.45) is 0.563. The molecule has 170 valence electrons. The number of fused-ring (bicyclic) bond motifs is 1. The number of rotatable bonds is 7. The van der Waals surface area contributed by atoms with Crippen LogP contribution in [0.5, 0.6) is 0 Å². The number of amides is 2. The lowest BCUT2D eigenvalue weighted by Crippen LogP contribution is -2.40. The van der Waals surface area contributed by atoms with E-state index >= 15 is 0 Å². The van der Waals surface area contributed by atoms with Gasteiger partial charge in [0.15, 0.2) is 0 Å². The molecule has 0 aliphatic rings. The molecule has 0 radical (unpaired) electrons. The molecule has 2 amide bonds. The highest BCUT2D eigenvalue weighted by Gasteiger charge is 2.20. The standard InChI is InChI=1S/C25H24ClN3O3S/c1-18-20(15-16-27-25(30)28-33(31,32)24-14-8-6-12-22(24)26)21-11-5-7-13-23(21)29(18)17-19-9-3-2-4-10-19/h2-14H,15-17H2,1H3,(H2,27,28,30). The average molecular weight is 482 g/mol. The highest BCUT2D eigenvalue weighted by atomic mass is 35.5. The highest BCUT2D eigenvalue weighted by Crippen LogP contribution is 2.27. The molecule has 3 aromatic carbocycles. The SMILES string of the molecule is Cc1c(CCNC(=O)NS(=O)(=O)c2ccccc2Cl)c2ccccc2n1Cc1ccccc1. The summed E-state index contributed by atoms with van der Waals surface area (Å²) in [5.41, 5.74) is 4.57. The maximum absolute atomic E-state index is 12.4. The fourth-order valence-electron chi connectivity index (χ4n) is 3.96. The first kappa shape index (κ1) is 22.9. The van der Waals surface area contributed by atoms with Crippen LogP contribution < -0.4 is 10.0 Å². The Kier molecular flexibility index (Phi) is 6.72. The van der Waals surface area contributed by atoms with Crippen LogP contribution >= 0.6 is 11.6 Å². The molecule has 0 atom stereocenters. The van der Waals surface area contributed by atoms with Crippen LogP contribution in [0.3, 0.4) is 0 Å². The first-order chi connectivity index (χ1) is 15.9. The van der Waals surface area contributed by atoms with Gasteiger partial charge in [0.2, 0.25) is 0 Å². The molecule has 0 saturated heterocycles. The maximum atomic E-state index is 12.4. The first-order valence-corrected chi connectivity index (χ1v) is 12.4. The van der Waals surface area contributed by atoms with Gasteiger partial charge in [-0.3, -0.25) is 0 Å². The van der Waals surface area contributed by atoms with Gasteiger partial charge in [-0.25, -0.2) is 17.9 Å². The van der Waals surface area contributed by atoms with Crippen molar-refractivity contribution in [2.24, 2.45) is 0 Å². The molecule has 0 bridgehead atoms. The van der Waals surface area contributed by atoms with Gasteiger partial charge in [0.05, 0.1) is 5.02 Å². The van der Waals surface area contributed by atoms with Gasteiger partial charge >= 0.3 is 6.03 Å². The van der Waals surface area contributed by atoms with Gasteiger partial charge < -0.3 is 9.88 Å². The van der Waals surface area contributed by atoms with Crippen molar-refractivity contribution in [2.75, 3.05) is 6.54 Å². The van der Waals surface area contributed by atoms with E-state index in [2.05, 4.69) is 41.1 Å². The number of para-hydroxylation sites is 1. The van der Waals surface area contributed by atoms with Crippen LogP contribution in [0.1, 0.15) is 16.8 Å². The maximum Gasteiger partial charge on any atom is 0.328 e. The molecule has 33 heavy (non-hydrogen) atoms. The lowest BCUT2D eigenvalue weighted by Gasteiger charge is -2.11. The van der Waals surface area contributed by atoms with E-state index in [0.29, 0.717) is 6.42 Å². The second-order valence-corrected chi connectivity index (χ2v) is 9.75. The summed E-state index contributed by atoms with van der Waals surface area (Å²) in [5, 5.41) is 3.82. The van der Waals surface area contributed by atoms with Crippen molar-refractivity contribution in [3.05, 3.63) is 101 Å². The van der Waals surface area contributed by atoms with Gasteiger partial charge in [-0.1, -0.05) is 72.3 Å². The third-order valence-corrected chi connectivity index (χ3v) is 7.39. The van der Waals surface area contributed by atoms with Crippen molar-refractivity contribution in [3.63, 3.8) is 0 Å². The van der Waals surface area contributed by atoms with E-state index in [4.69, 9.17) is 11.6 Å². The van der Waals surface area contributed by atoms with E-state index in [0.717, 1.165) is 28.7 Å². The molecule has 0 saturated carbocycles. The Morgan fingerprint density at radius 3 is 2.36 bits per heavy atom. The number of benzene rings is 3. The summed E-state index contributed by atoms with van der Waals surface area (Å²) in [6.45, 7) is 3.10. The van der Waals surface area contributed by atoms with Crippen LogP contribution in [-0.4, -0.2) is 25.6 Å². The van der Waals surface area contributed by atoms with Crippen molar-refractivity contribution in [2.45, 2.75) is 24.8 Å². The molecule has 0 aliphatic heterocycles. The predicted octanol–water partition coefficient (Wildman–Crippen LogP) is 4.88. The fourth-order valence-corrected chi connectivity index (χ4v) is 5.41. The fraction of sp³-hybridized carbons (Fsp3) is 0.160. The summed E-state index contributed by atoms with van der Waals surface area (Å²) < 4.78 is 29.2. The minimum absolute atomic E-state index is 0.0552. The number of carbonyl (C=O) groups is 1. The number of hydrogen-bond donors (Lipinski definition) is 2. The summed E-state index contributed by atoms with van der Waals surface area (Å²) in [7, 11) is -4.06. The summed E-state index contributed by atoms with van der Waals surface area (Å²) in [6, 6.07) is 23.6. The second kappa shape index (κ2) is 9.68. The highest BCUT2D eigenvalue weighted by molar-refractivity contribution is 7.90. The first-order valence-electron chi connectivity index (χ1n) is 10.5. The quantitative estimate of drug-likeness (QED) is 0.394. The van der Waals surface area contributed by atoms with Gasteiger partial charge in [-0.15, -0.1) is 0 Å². The van der Waals surface area contributed by atoms with Crippen molar-refractivity contribution < 1.29 is 13.2 Å². The van der Waals surface area contributed by atoms with E-state index in [1.165, 1.54) is 17.7 Å². The van der Waals surface area contributed by atoms with E-state index in [-0.39, 0.29) is 16.5 Å². The molecular formula is C25H24ClN3O3S. The average Bonchev–Trinajstić information content (AvgIpc) is 3.05. The molecule has 0 spiro atoms. The number of hydrogen-bond acceptors (Lipinski definition) is 3. The molecule has 1 aromatic heterocycles. The molecule has 0 fully saturated rings. The number of nitrogens with zero attached hydrogens (tertiary/aromatic N) is 1. The molecule has 1 heterocycles. The smallest absolute Gasteiger partial charge is 0.328 e. The Hall–Kier alpha value is -3.29. The summed E-state index contributed by atoms with van der Waals surface area (Å²) in [4.78, 5) is 12.1. The second-order valence-electron chi connectivity index (χ2n) is 7.69. The van der Waals surface area contributed by atoms with Crippen LogP contribution in [0.15, 0.2) is 83.8 Å². The van der Waals surface area contributed by atoms with Gasteiger partial charge in [0.1, 0.15) is 4.90 Å². The zero-order valence-electron chi connectivity index (χ0n) is 18.1. The topological polar surface area (TPSA) is 80.2 Å². The van der Waals surface area contributed by atoms with Crippen molar-refractivity contribution >= 4 is 38.6 Å². The molecule has 8 heteroatoms. The minimum Gasteiger partial charge on any atom is -0.340 e. The largest absolute Gasteiger partial charge is 0.340 e. The number of aromatic nitrogens is 1. The lowest BCUT2D eigenvalue weighted by molar-refractivity contribution is 0.246. The predicted molar refractivity (Wildman–Crippen MR) is 131 cm³/mol. The van der Waals surface area contributed by atoms with Crippen molar-refractivity contribution in [1.29, 1.82) is 0 Å². The zero-order chi connectivity index (χ0) is 23.4.